The van der Waals surface area contributed by atoms with Gasteiger partial charge in [0.1, 0.15) is 5.75 Å². The predicted molar refractivity (Wildman–Crippen MR) is 105 cm³/mol. The number of methoxy groups -OCH3 is 1. The van der Waals surface area contributed by atoms with E-state index in [0.29, 0.717) is 13.1 Å². The molecule has 0 saturated carbocycles. The van der Waals surface area contributed by atoms with E-state index >= 15 is 0 Å². The van der Waals surface area contributed by atoms with Crippen LogP contribution in [0.5, 0.6) is 5.75 Å². The van der Waals surface area contributed by atoms with Gasteiger partial charge in [-0.2, -0.15) is 0 Å². The molecule has 3 aromatic rings. The van der Waals surface area contributed by atoms with Crippen LogP contribution in [0.1, 0.15) is 30.2 Å². The van der Waals surface area contributed by atoms with Gasteiger partial charge in [-0.15, -0.1) is 0 Å². The number of nitrogens with two attached hydrogens (primary N) is 2. The number of rotatable bonds is 6. The molecule has 11 heteroatoms. The van der Waals surface area contributed by atoms with E-state index in [1.165, 1.54) is 0 Å². The molecule has 4 N–H and O–H groups in total. The Labute approximate surface area is 190 Å². The van der Waals surface area contributed by atoms with Crippen LogP contribution in [-0.4, -0.2) is 27.6 Å². The van der Waals surface area contributed by atoms with Crippen molar-refractivity contribution in [3.63, 3.8) is 0 Å². The molecule has 0 aliphatic rings. The fourth-order valence-corrected chi connectivity index (χ4v) is 3.28. The summed E-state index contributed by atoms with van der Waals surface area (Å²) in [5.41, 5.74) is 13.1. The number of hydrogen-bond donors (Lipinski definition) is 2. The lowest BCUT2D eigenvalue weighted by atomic mass is 10.3. The van der Waals surface area contributed by atoms with Gasteiger partial charge in [0.05, 0.1) is 20.2 Å². The van der Waals surface area contributed by atoms with Gasteiger partial charge in [-0.05, 0) is 26.0 Å². The maximum Gasteiger partial charge on any atom is 0.361 e. The summed E-state index contributed by atoms with van der Waals surface area (Å²) in [6.07, 6.45) is 0. The molecule has 0 saturated heterocycles. The van der Waals surface area contributed by atoms with Crippen molar-refractivity contribution < 1.29 is 42.8 Å². The number of fused-ring (bicyclic) bond motifs is 1. The summed E-state index contributed by atoms with van der Waals surface area (Å²) in [6.45, 7) is 5.48. The molecule has 156 valence electrons. The first-order valence-electron chi connectivity index (χ1n) is 8.75. The number of aryl methyl sites for hydroxylation is 2. The Hall–Kier alpha value is -2.34. The van der Waals surface area contributed by atoms with Crippen molar-refractivity contribution in [2.24, 2.45) is 0 Å². The molecule has 9 nitrogen and oxygen atoms in total. The number of anilines is 2. The summed E-state index contributed by atoms with van der Waals surface area (Å²) in [7, 11) is 1.63. The SMILES string of the molecule is CCn1c(COC(=O)c2nc(Cl)c(N)nc2N)[n+](CC)c2ccc(OC)cc21.[I-]. The molecule has 2 aromatic heterocycles. The van der Waals surface area contributed by atoms with Crippen LogP contribution in [0.3, 0.4) is 0 Å². The molecule has 0 fully saturated rings. The Morgan fingerprint density at radius 3 is 2.59 bits per heavy atom. The molecule has 0 radical (unpaired) electrons. The molecule has 0 amide bonds. The summed E-state index contributed by atoms with van der Waals surface area (Å²) in [5.74, 6) is 0.691. The monoisotopic (exact) mass is 532 g/mol. The Balaban J connectivity index is 0.00000300. The zero-order valence-electron chi connectivity index (χ0n) is 16.3. The standard InChI is InChI=1S/C18H21ClN6O3.HI/c1-4-24-11-7-6-10(27-3)8-12(11)25(5-2)13(24)9-28-18(26)14-16(20)23-17(21)15(19)22-14;/h6-8H,4-5,9H2,1-3H3,(H3-,20,21,23,26);1H. The number of carbonyl (C=O) groups is 1. The van der Waals surface area contributed by atoms with E-state index in [-0.39, 0.29) is 53.1 Å². The number of hydrogen-bond acceptors (Lipinski definition) is 7. The topological polar surface area (TPSA) is 122 Å². The van der Waals surface area contributed by atoms with Crippen LogP contribution >= 0.6 is 11.6 Å². The first kappa shape index (κ1) is 22.9. The van der Waals surface area contributed by atoms with Crippen molar-refractivity contribution >= 4 is 40.2 Å². The normalized spacial score (nSPS) is 10.6. The minimum absolute atomic E-state index is 0. The highest BCUT2D eigenvalue weighted by Crippen LogP contribution is 2.22. The van der Waals surface area contributed by atoms with Crippen LogP contribution in [0.25, 0.3) is 11.0 Å². The van der Waals surface area contributed by atoms with Crippen LogP contribution in [-0.2, 0) is 24.4 Å². The first-order valence-corrected chi connectivity index (χ1v) is 9.13. The average molecular weight is 533 g/mol. The molecule has 0 aliphatic carbocycles. The average Bonchev–Trinajstić information content (AvgIpc) is 3.00. The molecular weight excluding hydrogens is 511 g/mol. The van der Waals surface area contributed by atoms with Gasteiger partial charge in [-0.3, -0.25) is 0 Å². The molecule has 0 unspecified atom stereocenters. The number of ether oxygens (including phenoxy) is 2. The van der Waals surface area contributed by atoms with E-state index in [1.807, 2.05) is 32.0 Å². The van der Waals surface area contributed by atoms with E-state index in [2.05, 4.69) is 19.1 Å². The molecule has 0 spiro atoms. The third kappa shape index (κ3) is 4.32. The molecule has 1 aromatic carbocycles. The van der Waals surface area contributed by atoms with Crippen LogP contribution in [0.4, 0.5) is 11.6 Å². The second-order valence-corrected chi connectivity index (χ2v) is 6.33. The lowest BCUT2D eigenvalue weighted by Gasteiger charge is -2.07. The molecule has 0 atom stereocenters. The highest BCUT2D eigenvalue weighted by molar-refractivity contribution is 6.31. The van der Waals surface area contributed by atoms with E-state index < -0.39 is 5.97 Å². The number of halogens is 2. The van der Waals surface area contributed by atoms with Crippen molar-refractivity contribution in [1.29, 1.82) is 0 Å². The molecule has 0 aliphatic heterocycles. The van der Waals surface area contributed by atoms with Crippen LogP contribution in [0.15, 0.2) is 18.2 Å². The summed E-state index contributed by atoms with van der Waals surface area (Å²) < 4.78 is 15.0. The number of imidazole rings is 1. The Bertz CT molecular complexity index is 1060. The number of benzene rings is 1. The highest BCUT2D eigenvalue weighted by Gasteiger charge is 2.26. The Morgan fingerprint density at radius 2 is 1.97 bits per heavy atom. The van der Waals surface area contributed by atoms with Crippen molar-refractivity contribution in [2.45, 2.75) is 33.5 Å². The second-order valence-electron chi connectivity index (χ2n) is 5.97. The van der Waals surface area contributed by atoms with Crippen LogP contribution < -0.4 is 44.7 Å². The number of aromatic nitrogens is 4. The van der Waals surface area contributed by atoms with Crippen LogP contribution in [0, 0.1) is 0 Å². The summed E-state index contributed by atoms with van der Waals surface area (Å²) in [5, 5.41) is -0.0976. The van der Waals surface area contributed by atoms with Gasteiger partial charge < -0.3 is 44.9 Å². The fourth-order valence-electron chi connectivity index (χ4n) is 3.15. The maximum absolute atomic E-state index is 12.5. The van der Waals surface area contributed by atoms with E-state index in [0.717, 1.165) is 22.6 Å². The highest BCUT2D eigenvalue weighted by atomic mass is 127. The smallest absolute Gasteiger partial charge is 0.361 e. The Kier molecular flexibility index (Phi) is 7.47. The second kappa shape index (κ2) is 9.44. The summed E-state index contributed by atoms with van der Waals surface area (Å²) in [4.78, 5) is 20.2. The minimum atomic E-state index is -0.722. The van der Waals surface area contributed by atoms with Gasteiger partial charge in [-0.25, -0.2) is 23.9 Å². The number of nitrogens with zero attached hydrogens (tertiary/aromatic N) is 4. The van der Waals surface area contributed by atoms with Crippen molar-refractivity contribution in [3.8, 4) is 5.75 Å². The maximum atomic E-state index is 12.5. The summed E-state index contributed by atoms with van der Waals surface area (Å²) in [6, 6.07) is 5.84. The van der Waals surface area contributed by atoms with Crippen molar-refractivity contribution in [3.05, 3.63) is 34.9 Å². The molecule has 29 heavy (non-hydrogen) atoms. The molecule has 0 bridgehead atoms. The number of carbonyl (C=O) groups excluding carboxylic acids is 1. The quantitative estimate of drug-likeness (QED) is 0.236. The molecule has 3 rings (SSSR count). The van der Waals surface area contributed by atoms with Gasteiger partial charge >= 0.3 is 5.97 Å². The molecule has 2 heterocycles. The first-order chi connectivity index (χ1) is 13.4. The lowest BCUT2D eigenvalue weighted by molar-refractivity contribution is -0.678. The van der Waals surface area contributed by atoms with Crippen molar-refractivity contribution in [1.82, 2.24) is 14.5 Å². The third-order valence-corrected chi connectivity index (χ3v) is 4.73. The van der Waals surface area contributed by atoms with Crippen LogP contribution in [0.2, 0.25) is 5.15 Å². The van der Waals surface area contributed by atoms with E-state index in [4.69, 9.17) is 32.5 Å². The van der Waals surface area contributed by atoms with Gasteiger partial charge in [0.2, 0.25) is 0 Å². The van der Waals surface area contributed by atoms with E-state index in [1.54, 1.807) is 7.11 Å². The Morgan fingerprint density at radius 1 is 1.24 bits per heavy atom. The largest absolute Gasteiger partial charge is 1.00 e. The lowest BCUT2D eigenvalue weighted by Crippen LogP contribution is -3.00. The van der Waals surface area contributed by atoms with Gasteiger partial charge in [0.15, 0.2) is 40.1 Å². The van der Waals surface area contributed by atoms with Gasteiger partial charge in [0, 0.05) is 6.07 Å². The van der Waals surface area contributed by atoms with E-state index in [9.17, 15) is 4.79 Å². The number of nitrogen functional groups attached to an aromatic ring is 2. The van der Waals surface area contributed by atoms with Crippen molar-refractivity contribution in [2.75, 3.05) is 18.6 Å². The van der Waals surface area contributed by atoms with Gasteiger partial charge in [0.25, 0.3) is 5.82 Å². The molecular formula is C18H22ClIN6O3. The van der Waals surface area contributed by atoms with Gasteiger partial charge in [-0.1, -0.05) is 11.6 Å². The summed E-state index contributed by atoms with van der Waals surface area (Å²) >= 11 is 5.84. The fraction of sp³-hybridized carbons (Fsp3) is 0.333. The third-order valence-electron chi connectivity index (χ3n) is 4.45. The number of esters is 1. The minimum Gasteiger partial charge on any atom is -1.00 e. The zero-order chi connectivity index (χ0) is 20.4. The zero-order valence-corrected chi connectivity index (χ0v) is 19.2. The predicted octanol–water partition coefficient (Wildman–Crippen LogP) is -1.05.